The van der Waals surface area contributed by atoms with Crippen LogP contribution in [0.4, 0.5) is 0 Å². The average Bonchev–Trinajstić information content (AvgIpc) is 2.49. The summed E-state index contributed by atoms with van der Waals surface area (Å²) < 4.78 is 0. The van der Waals surface area contributed by atoms with Crippen molar-refractivity contribution in [2.24, 2.45) is 0 Å². The van der Waals surface area contributed by atoms with Gasteiger partial charge in [-0.25, -0.2) is 0 Å². The van der Waals surface area contributed by atoms with Crippen molar-refractivity contribution in [3.8, 4) is 0 Å². The van der Waals surface area contributed by atoms with E-state index in [-0.39, 0.29) is 11.0 Å². The highest BCUT2D eigenvalue weighted by molar-refractivity contribution is 8.08. The highest BCUT2D eigenvalue weighted by Crippen LogP contribution is 2.37. The molecular weight excluding hydrogens is 284 g/mol. The Labute approximate surface area is 128 Å². The lowest BCUT2D eigenvalue weighted by Crippen LogP contribution is -2.31. The van der Waals surface area contributed by atoms with E-state index in [9.17, 15) is 4.79 Å². The molecule has 1 fully saturated rings. The molecule has 1 nitrogen and oxygen atoms in total. The number of hydrogen-bond acceptors (Lipinski definition) is 3. The Morgan fingerprint density at radius 3 is 2.60 bits per heavy atom. The number of rotatable bonds is 2. The molecule has 1 heterocycles. The summed E-state index contributed by atoms with van der Waals surface area (Å²) >= 11 is 3.76. The first-order valence-electron chi connectivity index (χ1n) is 6.96. The fourth-order valence-corrected chi connectivity index (χ4v) is 5.40. The summed E-state index contributed by atoms with van der Waals surface area (Å²) in [5.74, 6) is 1.22. The molecule has 1 aliphatic rings. The van der Waals surface area contributed by atoms with Gasteiger partial charge in [0.15, 0.2) is 5.78 Å². The Bertz CT molecular complexity index is 632. The molecule has 0 saturated carbocycles. The maximum Gasteiger partial charge on any atom is 0.177 e. The molecule has 3 unspecified atom stereocenters. The van der Waals surface area contributed by atoms with Gasteiger partial charge >= 0.3 is 0 Å². The second kappa shape index (κ2) is 5.82. The highest BCUT2D eigenvalue weighted by Gasteiger charge is 2.31. The summed E-state index contributed by atoms with van der Waals surface area (Å²) in [4.78, 5) is 12.8. The maximum absolute atomic E-state index is 12.8. The van der Waals surface area contributed by atoms with Crippen molar-refractivity contribution in [2.75, 3.05) is 5.75 Å². The number of carbonyl (C=O) groups is 1. The van der Waals surface area contributed by atoms with E-state index in [1.807, 2.05) is 47.8 Å². The predicted molar refractivity (Wildman–Crippen MR) is 91.0 cm³/mol. The van der Waals surface area contributed by atoms with Crippen LogP contribution in [0, 0.1) is 0 Å². The first kappa shape index (κ1) is 14.0. The summed E-state index contributed by atoms with van der Waals surface area (Å²) in [6, 6.07) is 14.2. The Morgan fingerprint density at radius 2 is 1.80 bits per heavy atom. The number of ketones is 1. The minimum absolute atomic E-state index is 0.0945. The first-order chi connectivity index (χ1) is 9.66. The normalized spacial score (nSPS) is 26.6. The van der Waals surface area contributed by atoms with E-state index < -0.39 is 0 Å². The topological polar surface area (TPSA) is 17.1 Å². The molecular formula is C17H18OS2. The zero-order chi connectivity index (χ0) is 14.1. The Morgan fingerprint density at radius 1 is 1.05 bits per heavy atom. The second-order valence-corrected chi connectivity index (χ2v) is 8.25. The number of hydrogen-bond donors (Lipinski definition) is 0. The Kier molecular flexibility index (Phi) is 4.08. The van der Waals surface area contributed by atoms with E-state index in [2.05, 4.69) is 32.0 Å². The molecule has 3 heteroatoms. The van der Waals surface area contributed by atoms with Gasteiger partial charge < -0.3 is 0 Å². The maximum atomic E-state index is 12.8. The van der Waals surface area contributed by atoms with Crippen LogP contribution in [0.2, 0.25) is 0 Å². The summed E-state index contributed by atoms with van der Waals surface area (Å²) in [6.07, 6.45) is 0. The first-order valence-corrected chi connectivity index (χ1v) is 8.95. The molecule has 0 amide bonds. The molecule has 3 rings (SSSR count). The molecule has 3 atom stereocenters. The molecule has 0 radical (unpaired) electrons. The molecule has 2 aromatic rings. The van der Waals surface area contributed by atoms with Gasteiger partial charge in [0.25, 0.3) is 0 Å². The molecule has 0 N–H and O–H groups in total. The molecule has 1 saturated heterocycles. The zero-order valence-corrected chi connectivity index (χ0v) is 13.3. The lowest BCUT2D eigenvalue weighted by Gasteiger charge is -2.30. The van der Waals surface area contributed by atoms with E-state index in [0.717, 1.165) is 22.1 Å². The van der Waals surface area contributed by atoms with Crippen molar-refractivity contribution >= 4 is 40.1 Å². The van der Waals surface area contributed by atoms with E-state index >= 15 is 0 Å². The van der Waals surface area contributed by atoms with Gasteiger partial charge in [-0.2, -0.15) is 11.8 Å². The van der Waals surface area contributed by atoms with Gasteiger partial charge in [-0.15, -0.1) is 11.8 Å². The summed E-state index contributed by atoms with van der Waals surface area (Å²) in [6.45, 7) is 4.48. The summed E-state index contributed by atoms with van der Waals surface area (Å²) in [5.41, 5.74) is 0.878. The smallest absolute Gasteiger partial charge is 0.177 e. The van der Waals surface area contributed by atoms with Crippen LogP contribution < -0.4 is 0 Å². The molecule has 0 aliphatic carbocycles. The van der Waals surface area contributed by atoms with E-state index in [1.165, 1.54) is 0 Å². The third kappa shape index (κ3) is 2.61. The van der Waals surface area contributed by atoms with Gasteiger partial charge in [0.05, 0.1) is 5.25 Å². The zero-order valence-electron chi connectivity index (χ0n) is 11.7. The SMILES string of the molecule is CC1SCC(C(=O)c2cccc3ccccc23)SC1C. The fourth-order valence-electron chi connectivity index (χ4n) is 2.53. The molecule has 0 spiro atoms. The molecule has 1 aliphatic heterocycles. The quantitative estimate of drug-likeness (QED) is 0.752. The van der Waals surface area contributed by atoms with Crippen LogP contribution in [0.5, 0.6) is 0 Å². The van der Waals surface area contributed by atoms with Gasteiger partial charge in [-0.3, -0.25) is 4.79 Å². The van der Waals surface area contributed by atoms with Gasteiger partial charge in [0.2, 0.25) is 0 Å². The van der Waals surface area contributed by atoms with Gasteiger partial charge in [-0.05, 0) is 10.8 Å². The average molecular weight is 302 g/mol. The van der Waals surface area contributed by atoms with Crippen LogP contribution in [0.25, 0.3) is 10.8 Å². The largest absolute Gasteiger partial charge is 0.293 e. The minimum Gasteiger partial charge on any atom is -0.293 e. The highest BCUT2D eigenvalue weighted by atomic mass is 32.2. The number of benzene rings is 2. The Balaban J connectivity index is 1.93. The van der Waals surface area contributed by atoms with Gasteiger partial charge in [0.1, 0.15) is 0 Å². The third-order valence-electron chi connectivity index (χ3n) is 3.90. The number of carbonyl (C=O) groups excluding carboxylic acids is 1. The van der Waals surface area contributed by atoms with Crippen LogP contribution in [-0.2, 0) is 0 Å². The van der Waals surface area contributed by atoms with Crippen molar-refractivity contribution in [3.05, 3.63) is 48.0 Å². The van der Waals surface area contributed by atoms with Crippen molar-refractivity contribution in [3.63, 3.8) is 0 Å². The van der Waals surface area contributed by atoms with Crippen LogP contribution in [0.15, 0.2) is 42.5 Å². The van der Waals surface area contributed by atoms with Crippen molar-refractivity contribution in [2.45, 2.75) is 29.6 Å². The van der Waals surface area contributed by atoms with Crippen LogP contribution in [0.1, 0.15) is 24.2 Å². The fraction of sp³-hybridized carbons (Fsp3) is 0.353. The van der Waals surface area contributed by atoms with Gasteiger partial charge in [-0.1, -0.05) is 56.3 Å². The van der Waals surface area contributed by atoms with Crippen LogP contribution >= 0.6 is 23.5 Å². The van der Waals surface area contributed by atoms with Crippen molar-refractivity contribution in [1.82, 2.24) is 0 Å². The van der Waals surface area contributed by atoms with Crippen molar-refractivity contribution in [1.29, 1.82) is 0 Å². The van der Waals surface area contributed by atoms with E-state index in [4.69, 9.17) is 0 Å². The second-order valence-electron chi connectivity index (χ2n) is 5.26. The number of fused-ring (bicyclic) bond motifs is 1. The summed E-state index contributed by atoms with van der Waals surface area (Å²) in [5, 5.41) is 3.50. The standard InChI is InChI=1S/C17H18OS2/c1-11-12(2)20-16(10-19-11)17(18)15-9-5-7-13-6-3-4-8-14(13)15/h3-9,11-12,16H,10H2,1-2H3. The number of Topliss-reactive ketones (excluding diaryl/α,β-unsaturated/α-hetero) is 1. The van der Waals surface area contributed by atoms with E-state index in [0.29, 0.717) is 10.5 Å². The van der Waals surface area contributed by atoms with Crippen LogP contribution in [-0.4, -0.2) is 27.3 Å². The molecule has 20 heavy (non-hydrogen) atoms. The lowest BCUT2D eigenvalue weighted by molar-refractivity contribution is 0.0996. The Hall–Kier alpha value is -0.930. The molecule has 0 aromatic heterocycles. The predicted octanol–water partition coefficient (Wildman–Crippen LogP) is 4.65. The van der Waals surface area contributed by atoms with Crippen molar-refractivity contribution < 1.29 is 4.79 Å². The van der Waals surface area contributed by atoms with E-state index in [1.54, 1.807) is 0 Å². The third-order valence-corrected chi connectivity index (χ3v) is 7.29. The lowest BCUT2D eigenvalue weighted by atomic mass is 10.0. The summed E-state index contributed by atoms with van der Waals surface area (Å²) in [7, 11) is 0. The molecule has 0 bridgehead atoms. The van der Waals surface area contributed by atoms with Gasteiger partial charge in [0, 0.05) is 21.8 Å². The molecule has 104 valence electrons. The van der Waals surface area contributed by atoms with Crippen LogP contribution in [0.3, 0.4) is 0 Å². The number of thioether (sulfide) groups is 2. The monoisotopic (exact) mass is 302 g/mol. The molecule has 2 aromatic carbocycles. The minimum atomic E-state index is 0.0945.